The first kappa shape index (κ1) is 17.5. The molecule has 0 aliphatic rings. The summed E-state index contributed by atoms with van der Waals surface area (Å²) in [5, 5.41) is 2.93. The van der Waals surface area contributed by atoms with Crippen LogP contribution in [0.15, 0.2) is 12.1 Å². The van der Waals surface area contributed by atoms with Gasteiger partial charge in [0.15, 0.2) is 0 Å². The third-order valence-corrected chi connectivity index (χ3v) is 3.77. The van der Waals surface area contributed by atoms with Crippen LogP contribution in [0.5, 0.6) is 5.75 Å². The molecule has 0 aliphatic carbocycles. The van der Waals surface area contributed by atoms with Crippen LogP contribution in [0.1, 0.15) is 44.7 Å². The van der Waals surface area contributed by atoms with E-state index in [-0.39, 0.29) is 5.91 Å². The quantitative estimate of drug-likeness (QED) is 0.830. The molecule has 0 spiro atoms. The van der Waals surface area contributed by atoms with Gasteiger partial charge in [0.05, 0.1) is 6.61 Å². The maximum atomic E-state index is 12.3. The molecule has 0 aromatic heterocycles. The van der Waals surface area contributed by atoms with Crippen LogP contribution in [0.2, 0.25) is 0 Å². The fourth-order valence-corrected chi connectivity index (χ4v) is 2.12. The number of nitrogens with one attached hydrogen (secondary N) is 1. The van der Waals surface area contributed by atoms with E-state index in [4.69, 9.17) is 9.47 Å². The molecular formula is C17H27NO3. The normalized spacial score (nSPS) is 13.6. The van der Waals surface area contributed by atoms with Crippen LogP contribution >= 0.6 is 0 Å². The van der Waals surface area contributed by atoms with Crippen molar-refractivity contribution in [3.05, 3.63) is 23.3 Å². The van der Waals surface area contributed by atoms with E-state index in [0.717, 1.165) is 29.0 Å². The highest BCUT2D eigenvalue weighted by molar-refractivity contribution is 5.97. The van der Waals surface area contributed by atoms with Crippen molar-refractivity contribution < 1.29 is 14.3 Å². The van der Waals surface area contributed by atoms with Crippen LogP contribution < -0.4 is 10.1 Å². The number of carbonyl (C=O) groups excluding carboxylic acids is 1. The molecule has 1 N–H and O–H groups in total. The fraction of sp³-hybridized carbons (Fsp3) is 0.588. The van der Waals surface area contributed by atoms with Crippen molar-refractivity contribution >= 4 is 11.6 Å². The van der Waals surface area contributed by atoms with Crippen molar-refractivity contribution in [2.75, 3.05) is 19.0 Å². The molecule has 0 radical (unpaired) electrons. The summed E-state index contributed by atoms with van der Waals surface area (Å²) in [6.07, 6.45) is 1.59. The Bertz CT molecular complexity index is 470. The molecule has 1 unspecified atom stereocenters. The standard InChI is InChI=1S/C17H27NO3/c1-7-9-21-15-12(3)10-14(11-13(15)4)18-16(19)17(5,8-2)20-6/h10-11H,7-9H2,1-6H3,(H,18,19). The van der Waals surface area contributed by atoms with E-state index in [1.54, 1.807) is 14.0 Å². The molecule has 118 valence electrons. The average molecular weight is 293 g/mol. The van der Waals surface area contributed by atoms with Gasteiger partial charge >= 0.3 is 0 Å². The Kier molecular flexibility index (Phi) is 6.21. The molecule has 0 bridgehead atoms. The average Bonchev–Trinajstić information content (AvgIpc) is 2.45. The van der Waals surface area contributed by atoms with E-state index in [9.17, 15) is 4.79 Å². The van der Waals surface area contributed by atoms with Crippen LogP contribution in [0.25, 0.3) is 0 Å². The second-order valence-corrected chi connectivity index (χ2v) is 5.53. The predicted molar refractivity (Wildman–Crippen MR) is 86.0 cm³/mol. The smallest absolute Gasteiger partial charge is 0.256 e. The molecule has 1 aromatic carbocycles. The van der Waals surface area contributed by atoms with Gasteiger partial charge in [0.25, 0.3) is 5.91 Å². The SMILES string of the molecule is CCCOc1c(C)cc(NC(=O)C(C)(CC)OC)cc1C. The molecule has 0 fully saturated rings. The molecule has 1 atom stereocenters. The van der Waals surface area contributed by atoms with Gasteiger partial charge < -0.3 is 14.8 Å². The van der Waals surface area contributed by atoms with Gasteiger partial charge in [-0.2, -0.15) is 0 Å². The Hall–Kier alpha value is -1.55. The molecule has 0 aliphatic heterocycles. The van der Waals surface area contributed by atoms with Crippen LogP contribution in [0.4, 0.5) is 5.69 Å². The first-order valence-corrected chi connectivity index (χ1v) is 7.48. The van der Waals surface area contributed by atoms with Crippen molar-refractivity contribution in [1.82, 2.24) is 0 Å². The lowest BCUT2D eigenvalue weighted by Gasteiger charge is -2.25. The van der Waals surface area contributed by atoms with E-state index >= 15 is 0 Å². The fourth-order valence-electron chi connectivity index (χ4n) is 2.12. The van der Waals surface area contributed by atoms with Gasteiger partial charge in [0.1, 0.15) is 11.4 Å². The molecule has 4 heteroatoms. The molecule has 0 saturated carbocycles. The Balaban J connectivity index is 2.93. The van der Waals surface area contributed by atoms with Crippen molar-refractivity contribution in [2.24, 2.45) is 0 Å². The Morgan fingerprint density at radius 3 is 2.24 bits per heavy atom. The molecular weight excluding hydrogens is 266 g/mol. The summed E-state index contributed by atoms with van der Waals surface area (Å²) in [7, 11) is 1.56. The zero-order valence-corrected chi connectivity index (χ0v) is 14.0. The van der Waals surface area contributed by atoms with Gasteiger partial charge in [0.2, 0.25) is 0 Å². The second kappa shape index (κ2) is 7.46. The number of hydrogen-bond acceptors (Lipinski definition) is 3. The van der Waals surface area contributed by atoms with E-state index in [1.165, 1.54) is 0 Å². The number of aryl methyl sites for hydroxylation is 2. The first-order valence-electron chi connectivity index (χ1n) is 7.48. The topological polar surface area (TPSA) is 47.6 Å². The number of rotatable bonds is 7. The minimum absolute atomic E-state index is 0.131. The zero-order valence-electron chi connectivity index (χ0n) is 14.0. The summed E-state index contributed by atoms with van der Waals surface area (Å²) >= 11 is 0. The third-order valence-electron chi connectivity index (χ3n) is 3.77. The van der Waals surface area contributed by atoms with Gasteiger partial charge in [-0.3, -0.25) is 4.79 Å². The number of methoxy groups -OCH3 is 1. The minimum atomic E-state index is -0.806. The summed E-state index contributed by atoms with van der Waals surface area (Å²) in [4.78, 5) is 12.3. The number of benzene rings is 1. The Labute approximate surface area is 127 Å². The highest BCUT2D eigenvalue weighted by atomic mass is 16.5. The van der Waals surface area contributed by atoms with Gasteiger partial charge in [-0.05, 0) is 56.9 Å². The summed E-state index contributed by atoms with van der Waals surface area (Å²) in [5.41, 5.74) is 2.01. The lowest BCUT2D eigenvalue weighted by molar-refractivity contribution is -0.136. The Morgan fingerprint density at radius 1 is 1.24 bits per heavy atom. The summed E-state index contributed by atoms with van der Waals surface area (Å²) in [6.45, 7) is 10.5. The third kappa shape index (κ3) is 4.21. The monoisotopic (exact) mass is 293 g/mol. The van der Waals surface area contributed by atoms with Crippen LogP contribution in [-0.4, -0.2) is 25.2 Å². The summed E-state index contributed by atoms with van der Waals surface area (Å²) in [6, 6.07) is 3.86. The summed E-state index contributed by atoms with van der Waals surface area (Å²) in [5.74, 6) is 0.772. The molecule has 4 nitrogen and oxygen atoms in total. The maximum Gasteiger partial charge on any atom is 0.256 e. The van der Waals surface area contributed by atoms with Crippen LogP contribution in [0.3, 0.4) is 0 Å². The van der Waals surface area contributed by atoms with Crippen molar-refractivity contribution in [3.8, 4) is 5.75 Å². The van der Waals surface area contributed by atoms with Crippen molar-refractivity contribution in [1.29, 1.82) is 0 Å². The molecule has 0 saturated heterocycles. The molecule has 21 heavy (non-hydrogen) atoms. The number of amides is 1. The largest absolute Gasteiger partial charge is 0.493 e. The van der Waals surface area contributed by atoms with E-state index in [1.807, 2.05) is 32.9 Å². The minimum Gasteiger partial charge on any atom is -0.493 e. The lowest BCUT2D eigenvalue weighted by Crippen LogP contribution is -2.41. The van der Waals surface area contributed by atoms with E-state index < -0.39 is 5.60 Å². The maximum absolute atomic E-state index is 12.3. The number of ether oxygens (including phenoxy) is 2. The number of hydrogen-bond donors (Lipinski definition) is 1. The number of anilines is 1. The zero-order chi connectivity index (χ0) is 16.0. The molecule has 1 rings (SSSR count). The van der Waals surface area contributed by atoms with Crippen LogP contribution in [0, 0.1) is 13.8 Å². The van der Waals surface area contributed by atoms with Gasteiger partial charge in [-0.1, -0.05) is 13.8 Å². The van der Waals surface area contributed by atoms with E-state index in [0.29, 0.717) is 13.0 Å². The second-order valence-electron chi connectivity index (χ2n) is 5.53. The highest BCUT2D eigenvalue weighted by Gasteiger charge is 2.31. The van der Waals surface area contributed by atoms with Gasteiger partial charge in [-0.15, -0.1) is 0 Å². The van der Waals surface area contributed by atoms with Gasteiger partial charge in [0, 0.05) is 12.8 Å². The lowest BCUT2D eigenvalue weighted by atomic mass is 10.0. The molecule has 1 amide bonds. The first-order chi connectivity index (χ1) is 9.87. The highest BCUT2D eigenvalue weighted by Crippen LogP contribution is 2.28. The molecule has 0 heterocycles. The Morgan fingerprint density at radius 2 is 1.81 bits per heavy atom. The number of carbonyl (C=O) groups is 1. The van der Waals surface area contributed by atoms with Crippen LogP contribution in [-0.2, 0) is 9.53 Å². The van der Waals surface area contributed by atoms with Gasteiger partial charge in [-0.25, -0.2) is 0 Å². The van der Waals surface area contributed by atoms with Crippen molar-refractivity contribution in [2.45, 2.75) is 53.1 Å². The van der Waals surface area contributed by atoms with E-state index in [2.05, 4.69) is 12.2 Å². The predicted octanol–water partition coefficient (Wildman–Crippen LogP) is 3.85. The summed E-state index contributed by atoms with van der Waals surface area (Å²) < 4.78 is 11.1. The molecule has 1 aromatic rings. The van der Waals surface area contributed by atoms with Crippen molar-refractivity contribution in [3.63, 3.8) is 0 Å².